The molecule has 1 heterocycles. The fourth-order valence-electron chi connectivity index (χ4n) is 1.81. The molecule has 0 atom stereocenters. The van der Waals surface area contributed by atoms with Gasteiger partial charge in [-0.2, -0.15) is 0 Å². The second-order valence-electron chi connectivity index (χ2n) is 4.69. The van der Waals surface area contributed by atoms with Gasteiger partial charge in [-0.3, -0.25) is 4.79 Å². The number of hydrogen-bond donors (Lipinski definition) is 1. The summed E-state index contributed by atoms with van der Waals surface area (Å²) in [5, 5.41) is 0. The number of imidazole rings is 1. The first-order valence-electron chi connectivity index (χ1n) is 5.97. The number of likely N-dealkylation sites (N-methyl/N-ethyl adjacent to an activating group) is 1. The average Bonchev–Trinajstić information content (AvgIpc) is 2.67. The van der Waals surface area contributed by atoms with Crippen molar-refractivity contribution in [2.45, 2.75) is 39.8 Å². The van der Waals surface area contributed by atoms with Gasteiger partial charge in [-0.1, -0.05) is 0 Å². The number of carbonyl (C=O) groups is 1. The summed E-state index contributed by atoms with van der Waals surface area (Å²) < 4.78 is 1.82. The van der Waals surface area contributed by atoms with Crippen LogP contribution in [0.4, 0.5) is 0 Å². The highest BCUT2D eigenvalue weighted by Crippen LogP contribution is 2.16. The molecule has 0 fully saturated rings. The number of aromatic nitrogens is 2. The van der Waals surface area contributed by atoms with E-state index in [0.717, 1.165) is 18.8 Å². The van der Waals surface area contributed by atoms with Gasteiger partial charge in [0.05, 0.1) is 17.6 Å². The first kappa shape index (κ1) is 13.7. The van der Waals surface area contributed by atoms with E-state index in [1.807, 2.05) is 32.3 Å². The maximum Gasteiger partial charge on any atom is 0.242 e. The Morgan fingerprint density at radius 3 is 2.53 bits per heavy atom. The van der Waals surface area contributed by atoms with Crippen molar-refractivity contribution in [2.75, 3.05) is 13.1 Å². The van der Waals surface area contributed by atoms with E-state index < -0.39 is 5.54 Å². The van der Waals surface area contributed by atoms with Crippen LogP contribution in [0.3, 0.4) is 0 Å². The number of carbonyl (C=O) groups excluding carboxylic acids is 1. The number of rotatable bonds is 5. The Morgan fingerprint density at radius 1 is 1.47 bits per heavy atom. The molecular formula is C12H22N4O. The molecule has 17 heavy (non-hydrogen) atoms. The van der Waals surface area contributed by atoms with E-state index in [9.17, 15) is 4.79 Å². The Hall–Kier alpha value is -1.36. The molecule has 1 aromatic rings. The zero-order valence-corrected chi connectivity index (χ0v) is 11.1. The topological polar surface area (TPSA) is 64.2 Å². The normalized spacial score (nSPS) is 11.6. The molecule has 1 amide bonds. The predicted octanol–water partition coefficient (Wildman–Crippen LogP) is 0.945. The first-order chi connectivity index (χ1) is 7.90. The van der Waals surface area contributed by atoms with Crippen LogP contribution in [0.2, 0.25) is 0 Å². The van der Waals surface area contributed by atoms with Gasteiger partial charge in [0.25, 0.3) is 0 Å². The Bertz CT molecular complexity index is 374. The summed E-state index contributed by atoms with van der Waals surface area (Å²) in [6.45, 7) is 9.52. The van der Waals surface area contributed by atoms with E-state index in [0.29, 0.717) is 6.54 Å². The highest BCUT2D eigenvalue weighted by molar-refractivity contribution is 5.76. The van der Waals surface area contributed by atoms with Crippen molar-refractivity contribution in [3.63, 3.8) is 0 Å². The van der Waals surface area contributed by atoms with Crippen molar-refractivity contribution >= 4 is 5.91 Å². The zero-order chi connectivity index (χ0) is 13.1. The smallest absolute Gasteiger partial charge is 0.242 e. The molecule has 0 aromatic carbocycles. The van der Waals surface area contributed by atoms with Gasteiger partial charge in [0.15, 0.2) is 0 Å². The van der Waals surface area contributed by atoms with E-state index >= 15 is 0 Å². The Morgan fingerprint density at radius 2 is 2.06 bits per heavy atom. The third-order valence-corrected chi connectivity index (χ3v) is 2.79. The van der Waals surface area contributed by atoms with Gasteiger partial charge >= 0.3 is 0 Å². The third kappa shape index (κ3) is 3.30. The highest BCUT2D eigenvalue weighted by atomic mass is 16.2. The Balaban J connectivity index is 2.82. The van der Waals surface area contributed by atoms with Gasteiger partial charge in [0, 0.05) is 19.3 Å². The fraction of sp³-hybridized carbons (Fsp3) is 0.667. The van der Waals surface area contributed by atoms with Crippen LogP contribution < -0.4 is 5.73 Å². The number of nitrogens with zero attached hydrogens (tertiary/aromatic N) is 3. The number of amides is 1. The quantitative estimate of drug-likeness (QED) is 0.830. The summed E-state index contributed by atoms with van der Waals surface area (Å²) in [5.74, 6) is 0.0958. The summed E-state index contributed by atoms with van der Waals surface area (Å²) in [4.78, 5) is 17.9. The van der Waals surface area contributed by atoms with E-state index in [1.165, 1.54) is 0 Å². The molecule has 0 aliphatic carbocycles. The van der Waals surface area contributed by atoms with Crippen molar-refractivity contribution in [2.24, 2.45) is 5.73 Å². The maximum atomic E-state index is 12.0. The first-order valence-corrected chi connectivity index (χ1v) is 5.97. The molecule has 0 aliphatic heterocycles. The van der Waals surface area contributed by atoms with Crippen molar-refractivity contribution < 1.29 is 4.79 Å². The van der Waals surface area contributed by atoms with E-state index in [2.05, 4.69) is 4.98 Å². The lowest BCUT2D eigenvalue weighted by molar-refractivity contribution is -0.131. The Kier molecular flexibility index (Phi) is 4.28. The van der Waals surface area contributed by atoms with Crippen LogP contribution in [-0.4, -0.2) is 33.4 Å². The molecule has 0 radical (unpaired) electrons. The van der Waals surface area contributed by atoms with E-state index in [4.69, 9.17) is 5.73 Å². The van der Waals surface area contributed by atoms with Gasteiger partial charge < -0.3 is 15.2 Å². The molecule has 0 saturated heterocycles. The summed E-state index contributed by atoms with van der Waals surface area (Å²) in [6, 6.07) is 0. The van der Waals surface area contributed by atoms with Gasteiger partial charge in [-0.05, 0) is 27.7 Å². The molecule has 5 heteroatoms. The number of nitrogens with two attached hydrogens (primary N) is 1. The molecule has 1 aromatic heterocycles. The van der Waals surface area contributed by atoms with Crippen LogP contribution in [0, 0.1) is 0 Å². The summed E-state index contributed by atoms with van der Waals surface area (Å²) in [7, 11) is 0. The predicted molar refractivity (Wildman–Crippen MR) is 67.4 cm³/mol. The summed E-state index contributed by atoms with van der Waals surface area (Å²) >= 11 is 0. The number of hydrogen-bond acceptors (Lipinski definition) is 3. The monoisotopic (exact) mass is 238 g/mol. The molecule has 0 spiro atoms. The highest BCUT2D eigenvalue weighted by Gasteiger charge is 2.21. The van der Waals surface area contributed by atoms with Gasteiger partial charge in [0.1, 0.15) is 6.54 Å². The van der Waals surface area contributed by atoms with Crippen LogP contribution in [0.1, 0.15) is 33.4 Å². The SMILES string of the molecule is CCN(CC)C(=O)Cn1cncc1C(C)(C)N. The Labute approximate surface area is 103 Å². The minimum Gasteiger partial charge on any atom is -0.342 e. The fourth-order valence-corrected chi connectivity index (χ4v) is 1.81. The standard InChI is InChI=1S/C12H22N4O/c1-5-15(6-2)11(17)8-16-9-14-7-10(16)12(3,4)13/h7,9H,5-6,8,13H2,1-4H3. The van der Waals surface area contributed by atoms with Crippen LogP contribution >= 0.6 is 0 Å². The maximum absolute atomic E-state index is 12.0. The second kappa shape index (κ2) is 5.31. The van der Waals surface area contributed by atoms with Crippen molar-refractivity contribution in [1.82, 2.24) is 14.5 Å². The van der Waals surface area contributed by atoms with Crippen molar-refractivity contribution in [1.29, 1.82) is 0 Å². The lowest BCUT2D eigenvalue weighted by Gasteiger charge is -2.23. The molecule has 0 aliphatic rings. The summed E-state index contributed by atoms with van der Waals surface area (Å²) in [5.41, 5.74) is 6.42. The lowest BCUT2D eigenvalue weighted by Crippen LogP contribution is -2.36. The molecule has 5 nitrogen and oxygen atoms in total. The average molecular weight is 238 g/mol. The van der Waals surface area contributed by atoms with Gasteiger partial charge in [0.2, 0.25) is 5.91 Å². The van der Waals surface area contributed by atoms with E-state index in [-0.39, 0.29) is 5.91 Å². The molecule has 2 N–H and O–H groups in total. The zero-order valence-electron chi connectivity index (χ0n) is 11.1. The summed E-state index contributed by atoms with van der Waals surface area (Å²) in [6.07, 6.45) is 3.38. The van der Waals surface area contributed by atoms with Gasteiger partial charge in [-0.25, -0.2) is 4.98 Å². The van der Waals surface area contributed by atoms with Crippen molar-refractivity contribution in [3.8, 4) is 0 Å². The molecule has 0 saturated carbocycles. The minimum absolute atomic E-state index is 0.0958. The largest absolute Gasteiger partial charge is 0.342 e. The van der Waals surface area contributed by atoms with E-state index in [1.54, 1.807) is 17.4 Å². The molecular weight excluding hydrogens is 216 g/mol. The van der Waals surface area contributed by atoms with Crippen LogP contribution in [0.15, 0.2) is 12.5 Å². The second-order valence-corrected chi connectivity index (χ2v) is 4.69. The minimum atomic E-state index is -0.486. The third-order valence-electron chi connectivity index (χ3n) is 2.79. The van der Waals surface area contributed by atoms with Crippen LogP contribution in [0.25, 0.3) is 0 Å². The lowest BCUT2D eigenvalue weighted by atomic mass is 10.0. The van der Waals surface area contributed by atoms with Gasteiger partial charge in [-0.15, -0.1) is 0 Å². The molecule has 1 rings (SSSR count). The molecule has 96 valence electrons. The van der Waals surface area contributed by atoms with Crippen LogP contribution in [-0.2, 0) is 16.9 Å². The molecule has 0 bridgehead atoms. The molecule has 0 unspecified atom stereocenters. The van der Waals surface area contributed by atoms with Crippen molar-refractivity contribution in [3.05, 3.63) is 18.2 Å². The van der Waals surface area contributed by atoms with Crippen LogP contribution in [0.5, 0.6) is 0 Å².